The highest BCUT2D eigenvalue weighted by molar-refractivity contribution is 5.97. The predicted molar refractivity (Wildman–Crippen MR) is 92.2 cm³/mol. The van der Waals surface area contributed by atoms with Gasteiger partial charge in [-0.25, -0.2) is 13.8 Å². The number of piperazine rings is 1. The Hall–Kier alpha value is -3.29. The third kappa shape index (κ3) is 3.25. The summed E-state index contributed by atoms with van der Waals surface area (Å²) in [5, 5.41) is 0. The molecule has 0 atom stereocenters. The lowest BCUT2D eigenvalue weighted by Crippen LogP contribution is -2.50. The van der Waals surface area contributed by atoms with Crippen molar-refractivity contribution in [2.24, 2.45) is 0 Å². The number of nitrogens with zero attached hydrogens (tertiary/aromatic N) is 3. The molecule has 1 fully saturated rings. The molecule has 27 heavy (non-hydrogen) atoms. The van der Waals surface area contributed by atoms with E-state index < -0.39 is 11.6 Å². The summed E-state index contributed by atoms with van der Waals surface area (Å²) in [6, 6.07) is 8.12. The minimum atomic E-state index is -1.06. The van der Waals surface area contributed by atoms with Gasteiger partial charge in [0, 0.05) is 37.3 Å². The number of fused-ring (bicyclic) bond motifs is 1. The van der Waals surface area contributed by atoms with Crippen molar-refractivity contribution in [2.45, 2.75) is 0 Å². The fourth-order valence-corrected chi connectivity index (χ4v) is 3.10. The first-order valence-corrected chi connectivity index (χ1v) is 8.40. The van der Waals surface area contributed by atoms with Crippen LogP contribution in [-0.2, 0) is 0 Å². The highest BCUT2D eigenvalue weighted by Crippen LogP contribution is 2.18. The lowest BCUT2D eigenvalue weighted by Gasteiger charge is -2.34. The van der Waals surface area contributed by atoms with Crippen LogP contribution < -0.4 is 0 Å². The summed E-state index contributed by atoms with van der Waals surface area (Å²) >= 11 is 0. The Balaban J connectivity index is 1.42. The summed E-state index contributed by atoms with van der Waals surface area (Å²) in [4.78, 5) is 32.3. The maximum Gasteiger partial charge on any atom is 0.254 e. The first-order chi connectivity index (χ1) is 13.0. The monoisotopic (exact) mass is 371 g/mol. The van der Waals surface area contributed by atoms with E-state index in [1.54, 1.807) is 23.1 Å². The van der Waals surface area contributed by atoms with Gasteiger partial charge in [0.05, 0.1) is 0 Å². The zero-order valence-corrected chi connectivity index (χ0v) is 14.2. The van der Waals surface area contributed by atoms with E-state index in [-0.39, 0.29) is 17.4 Å². The highest BCUT2D eigenvalue weighted by Gasteiger charge is 2.26. The van der Waals surface area contributed by atoms with Crippen LogP contribution in [0.25, 0.3) is 11.1 Å². The zero-order chi connectivity index (χ0) is 19.0. The molecule has 3 aromatic rings. The molecule has 1 aromatic heterocycles. The number of benzene rings is 2. The van der Waals surface area contributed by atoms with E-state index in [0.717, 1.165) is 12.1 Å². The second kappa shape index (κ2) is 6.79. The van der Waals surface area contributed by atoms with Crippen LogP contribution in [0, 0.1) is 11.6 Å². The number of oxazole rings is 1. The molecule has 2 amide bonds. The Labute approximate surface area is 153 Å². The topological polar surface area (TPSA) is 66.7 Å². The van der Waals surface area contributed by atoms with Crippen molar-refractivity contribution in [1.82, 2.24) is 14.8 Å². The largest absolute Gasteiger partial charge is 0.443 e. The summed E-state index contributed by atoms with van der Waals surface area (Å²) < 4.78 is 31.6. The predicted octanol–water partition coefficient (Wildman–Crippen LogP) is 2.70. The number of hydrogen-bond acceptors (Lipinski definition) is 4. The third-order valence-corrected chi connectivity index (χ3v) is 4.60. The second-order valence-electron chi connectivity index (χ2n) is 6.25. The Morgan fingerprint density at radius 1 is 0.852 bits per heavy atom. The van der Waals surface area contributed by atoms with Crippen LogP contribution in [0.15, 0.2) is 47.2 Å². The van der Waals surface area contributed by atoms with E-state index in [1.165, 1.54) is 17.4 Å². The molecule has 1 saturated heterocycles. The molecule has 4 rings (SSSR count). The summed E-state index contributed by atoms with van der Waals surface area (Å²) in [7, 11) is 0. The van der Waals surface area contributed by atoms with Crippen molar-refractivity contribution >= 4 is 22.9 Å². The normalized spacial score (nSPS) is 14.6. The molecule has 2 aromatic carbocycles. The molecule has 0 bridgehead atoms. The molecule has 0 saturated carbocycles. The van der Waals surface area contributed by atoms with Crippen LogP contribution in [-0.4, -0.2) is 52.8 Å². The zero-order valence-electron chi connectivity index (χ0n) is 14.2. The summed E-state index contributed by atoms with van der Waals surface area (Å²) in [6.07, 6.45) is 1.32. The van der Waals surface area contributed by atoms with E-state index in [2.05, 4.69) is 4.98 Å². The van der Waals surface area contributed by atoms with E-state index in [0.29, 0.717) is 42.8 Å². The van der Waals surface area contributed by atoms with Crippen molar-refractivity contribution < 1.29 is 22.8 Å². The van der Waals surface area contributed by atoms with Gasteiger partial charge in [0.15, 0.2) is 23.6 Å². The van der Waals surface area contributed by atoms with E-state index in [1.807, 2.05) is 0 Å². The van der Waals surface area contributed by atoms with Gasteiger partial charge in [-0.15, -0.1) is 0 Å². The number of amides is 2. The fourth-order valence-electron chi connectivity index (χ4n) is 3.10. The number of rotatable bonds is 2. The maximum absolute atomic E-state index is 13.3. The van der Waals surface area contributed by atoms with Gasteiger partial charge in [-0.05, 0) is 36.4 Å². The SMILES string of the molecule is O=C(c1ccc(F)c(F)c1)N1CCN(C(=O)c2ccc3ncoc3c2)CC1. The van der Waals surface area contributed by atoms with Crippen LogP contribution in [0.3, 0.4) is 0 Å². The molecule has 6 nitrogen and oxygen atoms in total. The Bertz CT molecular complexity index is 1030. The molecule has 0 radical (unpaired) electrons. The van der Waals surface area contributed by atoms with Crippen LogP contribution in [0.5, 0.6) is 0 Å². The number of aromatic nitrogens is 1. The van der Waals surface area contributed by atoms with Crippen LogP contribution in [0.2, 0.25) is 0 Å². The van der Waals surface area contributed by atoms with E-state index in [4.69, 9.17) is 4.42 Å². The molecule has 0 unspecified atom stereocenters. The lowest BCUT2D eigenvalue weighted by atomic mass is 10.1. The quantitative estimate of drug-likeness (QED) is 0.695. The molecular formula is C19H15F2N3O3. The number of carbonyl (C=O) groups excluding carboxylic acids is 2. The van der Waals surface area contributed by atoms with Gasteiger partial charge in [-0.1, -0.05) is 0 Å². The Morgan fingerprint density at radius 2 is 1.44 bits per heavy atom. The van der Waals surface area contributed by atoms with Crippen molar-refractivity contribution in [1.29, 1.82) is 0 Å². The van der Waals surface area contributed by atoms with Crippen molar-refractivity contribution in [2.75, 3.05) is 26.2 Å². The summed E-state index contributed by atoms with van der Waals surface area (Å²) in [6.45, 7) is 1.33. The Kier molecular flexibility index (Phi) is 4.31. The van der Waals surface area contributed by atoms with Crippen molar-refractivity contribution in [3.63, 3.8) is 0 Å². The van der Waals surface area contributed by atoms with Gasteiger partial charge in [-0.2, -0.15) is 0 Å². The summed E-state index contributed by atoms with van der Waals surface area (Å²) in [5.74, 6) is -2.60. The standard InChI is InChI=1S/C19H15F2N3O3/c20-14-3-1-12(9-15(14)21)18(25)23-5-7-24(8-6-23)19(26)13-2-4-16-17(10-13)27-11-22-16/h1-4,9-11H,5-8H2. The first-order valence-electron chi connectivity index (χ1n) is 8.40. The molecule has 138 valence electrons. The maximum atomic E-state index is 13.3. The minimum Gasteiger partial charge on any atom is -0.443 e. The van der Waals surface area contributed by atoms with E-state index >= 15 is 0 Å². The molecule has 2 heterocycles. The first kappa shape index (κ1) is 17.1. The molecular weight excluding hydrogens is 356 g/mol. The average Bonchev–Trinajstić information content (AvgIpc) is 3.17. The molecule has 1 aliphatic heterocycles. The van der Waals surface area contributed by atoms with Gasteiger partial charge >= 0.3 is 0 Å². The van der Waals surface area contributed by atoms with Crippen LogP contribution in [0.1, 0.15) is 20.7 Å². The van der Waals surface area contributed by atoms with E-state index in [9.17, 15) is 18.4 Å². The average molecular weight is 371 g/mol. The lowest BCUT2D eigenvalue weighted by molar-refractivity contribution is 0.0535. The van der Waals surface area contributed by atoms with Gasteiger partial charge in [0.25, 0.3) is 11.8 Å². The van der Waals surface area contributed by atoms with Crippen molar-refractivity contribution in [3.05, 3.63) is 65.6 Å². The minimum absolute atomic E-state index is 0.0875. The highest BCUT2D eigenvalue weighted by atomic mass is 19.2. The van der Waals surface area contributed by atoms with Crippen LogP contribution in [0.4, 0.5) is 8.78 Å². The number of halogens is 2. The summed E-state index contributed by atoms with van der Waals surface area (Å²) in [5.41, 5.74) is 1.78. The molecule has 0 spiro atoms. The number of hydrogen-bond donors (Lipinski definition) is 0. The smallest absolute Gasteiger partial charge is 0.254 e. The third-order valence-electron chi connectivity index (χ3n) is 4.60. The van der Waals surface area contributed by atoms with Crippen LogP contribution >= 0.6 is 0 Å². The Morgan fingerprint density at radius 3 is 2.07 bits per heavy atom. The molecule has 1 aliphatic rings. The van der Waals surface area contributed by atoms with Gasteiger partial charge in [0.1, 0.15) is 5.52 Å². The molecule has 8 heteroatoms. The van der Waals surface area contributed by atoms with Gasteiger partial charge < -0.3 is 14.2 Å². The second-order valence-corrected chi connectivity index (χ2v) is 6.25. The fraction of sp³-hybridized carbons (Fsp3) is 0.211. The van der Waals surface area contributed by atoms with Crippen molar-refractivity contribution in [3.8, 4) is 0 Å². The van der Waals surface area contributed by atoms with Gasteiger partial charge in [-0.3, -0.25) is 9.59 Å². The van der Waals surface area contributed by atoms with Gasteiger partial charge in [0.2, 0.25) is 0 Å². The number of carbonyl (C=O) groups is 2. The molecule has 0 aliphatic carbocycles. The molecule has 0 N–H and O–H groups in total.